The summed E-state index contributed by atoms with van der Waals surface area (Å²) in [5.41, 5.74) is -1.63. The molecule has 8 nitrogen and oxygen atoms in total. The second kappa shape index (κ2) is 5.39. The molecule has 0 aliphatic carbocycles. The van der Waals surface area contributed by atoms with E-state index < -0.39 is 22.2 Å². The Morgan fingerprint density at radius 2 is 2.10 bits per heavy atom. The molecule has 2 N–H and O–H groups in total. The van der Waals surface area contributed by atoms with Crippen molar-refractivity contribution in [3.63, 3.8) is 0 Å². The molecule has 2 rings (SSSR count). The van der Waals surface area contributed by atoms with Crippen molar-refractivity contribution in [2.45, 2.75) is 6.42 Å². The van der Waals surface area contributed by atoms with Crippen LogP contribution in [0.15, 0.2) is 33.5 Å². The predicted octanol–water partition coefficient (Wildman–Crippen LogP) is 1.59. The molecule has 0 bridgehead atoms. The third-order valence-corrected chi connectivity index (χ3v) is 2.61. The molecule has 0 unspecified atom stereocenters. The molecule has 20 heavy (non-hydrogen) atoms. The van der Waals surface area contributed by atoms with Gasteiger partial charge in [0.05, 0.1) is 11.3 Å². The van der Waals surface area contributed by atoms with Gasteiger partial charge in [0, 0.05) is 11.9 Å². The number of carboxylic acid groups (broad SMARTS) is 1. The van der Waals surface area contributed by atoms with Crippen LogP contribution in [0, 0.1) is 10.1 Å². The van der Waals surface area contributed by atoms with E-state index in [2.05, 4.69) is 5.32 Å². The lowest BCUT2D eigenvalue weighted by molar-refractivity contribution is -0.386. The number of nitrogens with one attached hydrogen (secondary N) is 1. The van der Waals surface area contributed by atoms with Gasteiger partial charge in [0.1, 0.15) is 11.3 Å². The van der Waals surface area contributed by atoms with Crippen molar-refractivity contribution in [2.24, 2.45) is 0 Å². The zero-order valence-electron chi connectivity index (χ0n) is 10.2. The summed E-state index contributed by atoms with van der Waals surface area (Å²) in [5, 5.41) is 22.5. The quantitative estimate of drug-likeness (QED) is 0.483. The molecule has 0 spiro atoms. The largest absolute Gasteiger partial charge is 0.481 e. The molecule has 104 valence electrons. The summed E-state index contributed by atoms with van der Waals surface area (Å²) in [6, 6.07) is 6.31. The van der Waals surface area contributed by atoms with Crippen LogP contribution in [0.4, 0.5) is 11.4 Å². The molecule has 0 amide bonds. The van der Waals surface area contributed by atoms with Gasteiger partial charge in [0.25, 0.3) is 0 Å². The van der Waals surface area contributed by atoms with E-state index in [1.165, 1.54) is 6.07 Å². The highest BCUT2D eigenvalue weighted by molar-refractivity contribution is 5.94. The minimum atomic E-state index is -1.08. The summed E-state index contributed by atoms with van der Waals surface area (Å²) in [6.45, 7) is -0.0381. The van der Waals surface area contributed by atoms with Gasteiger partial charge in [-0.15, -0.1) is 0 Å². The monoisotopic (exact) mass is 278 g/mol. The van der Waals surface area contributed by atoms with Crippen LogP contribution in [0.1, 0.15) is 6.42 Å². The number of anilines is 1. The van der Waals surface area contributed by atoms with Crippen LogP contribution in [0.3, 0.4) is 0 Å². The average molecular weight is 278 g/mol. The number of benzene rings is 1. The maximum absolute atomic E-state index is 11.6. The Bertz CT molecular complexity index is 736. The standard InChI is InChI=1S/C12H10N2O6/c15-9(16)5-6-13-10-7-3-1-2-4-8(7)20-12(17)11(10)14(18)19/h1-4,13H,5-6H2,(H,15,16). The number of carbonyl (C=O) groups is 1. The molecule has 2 aromatic rings. The van der Waals surface area contributed by atoms with Gasteiger partial charge in [-0.1, -0.05) is 12.1 Å². The highest BCUT2D eigenvalue weighted by Crippen LogP contribution is 2.29. The smallest absolute Gasteiger partial charge is 0.417 e. The number of hydrogen-bond donors (Lipinski definition) is 2. The van der Waals surface area contributed by atoms with Crippen LogP contribution >= 0.6 is 0 Å². The summed E-state index contributed by atoms with van der Waals surface area (Å²) in [5.74, 6) is -1.05. The van der Waals surface area contributed by atoms with Gasteiger partial charge in [-0.05, 0) is 12.1 Å². The van der Waals surface area contributed by atoms with Crippen LogP contribution in [0.25, 0.3) is 11.0 Å². The topological polar surface area (TPSA) is 123 Å². The second-order valence-electron chi connectivity index (χ2n) is 3.94. The van der Waals surface area contributed by atoms with Crippen molar-refractivity contribution in [3.05, 3.63) is 44.8 Å². The van der Waals surface area contributed by atoms with Crippen molar-refractivity contribution >= 4 is 28.3 Å². The van der Waals surface area contributed by atoms with E-state index in [0.717, 1.165) is 0 Å². The van der Waals surface area contributed by atoms with Gasteiger partial charge in [-0.25, -0.2) is 4.79 Å². The summed E-state index contributed by atoms with van der Waals surface area (Å²) in [7, 11) is 0. The van der Waals surface area contributed by atoms with Gasteiger partial charge in [-0.2, -0.15) is 0 Å². The molecular formula is C12H10N2O6. The average Bonchev–Trinajstić information content (AvgIpc) is 2.37. The fraction of sp³-hybridized carbons (Fsp3) is 0.167. The van der Waals surface area contributed by atoms with Crippen LogP contribution in [-0.4, -0.2) is 22.5 Å². The predicted molar refractivity (Wildman–Crippen MR) is 69.9 cm³/mol. The Kier molecular flexibility index (Phi) is 3.65. The Labute approximate surface area is 111 Å². The van der Waals surface area contributed by atoms with Crippen LogP contribution in [0.2, 0.25) is 0 Å². The zero-order valence-corrected chi connectivity index (χ0v) is 10.2. The van der Waals surface area contributed by atoms with Crippen molar-refractivity contribution in [3.8, 4) is 0 Å². The van der Waals surface area contributed by atoms with E-state index in [9.17, 15) is 19.7 Å². The highest BCUT2D eigenvalue weighted by Gasteiger charge is 2.24. The third-order valence-electron chi connectivity index (χ3n) is 2.61. The lowest BCUT2D eigenvalue weighted by Gasteiger charge is -2.07. The normalized spacial score (nSPS) is 10.4. The molecule has 1 aromatic heterocycles. The fourth-order valence-corrected chi connectivity index (χ4v) is 1.78. The van der Waals surface area contributed by atoms with Gasteiger partial charge >= 0.3 is 17.3 Å². The maximum atomic E-state index is 11.6. The van der Waals surface area contributed by atoms with Crippen LogP contribution < -0.4 is 10.9 Å². The van der Waals surface area contributed by atoms with Crippen molar-refractivity contribution in [1.29, 1.82) is 0 Å². The minimum absolute atomic E-state index is 0.0249. The van der Waals surface area contributed by atoms with Gasteiger partial charge in [0.15, 0.2) is 0 Å². The number of hydrogen-bond acceptors (Lipinski definition) is 6. The maximum Gasteiger partial charge on any atom is 0.417 e. The highest BCUT2D eigenvalue weighted by atomic mass is 16.6. The van der Waals surface area contributed by atoms with E-state index in [-0.39, 0.29) is 24.2 Å². The molecule has 0 aliphatic heterocycles. The Morgan fingerprint density at radius 1 is 1.40 bits per heavy atom. The van der Waals surface area contributed by atoms with Gasteiger partial charge < -0.3 is 14.8 Å². The van der Waals surface area contributed by atoms with Gasteiger partial charge in [0.2, 0.25) is 0 Å². The van der Waals surface area contributed by atoms with Crippen molar-refractivity contribution in [1.82, 2.24) is 0 Å². The number of para-hydroxylation sites is 1. The summed E-state index contributed by atoms with van der Waals surface area (Å²) < 4.78 is 4.87. The minimum Gasteiger partial charge on any atom is -0.481 e. The molecule has 0 radical (unpaired) electrons. The third kappa shape index (κ3) is 2.58. The number of nitro groups is 1. The van der Waals surface area contributed by atoms with Crippen LogP contribution in [-0.2, 0) is 4.79 Å². The lowest BCUT2D eigenvalue weighted by Crippen LogP contribution is -2.14. The molecule has 1 aromatic carbocycles. The zero-order chi connectivity index (χ0) is 14.7. The molecule has 1 heterocycles. The summed E-state index contributed by atoms with van der Waals surface area (Å²) in [6.07, 6.45) is -0.230. The summed E-state index contributed by atoms with van der Waals surface area (Å²) in [4.78, 5) is 32.2. The second-order valence-corrected chi connectivity index (χ2v) is 3.94. The van der Waals surface area contributed by atoms with E-state index in [4.69, 9.17) is 9.52 Å². The first-order valence-electron chi connectivity index (χ1n) is 5.66. The van der Waals surface area contributed by atoms with E-state index >= 15 is 0 Å². The number of nitrogens with zero attached hydrogens (tertiary/aromatic N) is 1. The fourth-order valence-electron chi connectivity index (χ4n) is 1.78. The number of fused-ring (bicyclic) bond motifs is 1. The molecule has 8 heteroatoms. The Balaban J connectivity index is 2.57. The lowest BCUT2D eigenvalue weighted by atomic mass is 10.2. The molecule has 0 aliphatic rings. The van der Waals surface area contributed by atoms with Gasteiger partial charge in [-0.3, -0.25) is 14.9 Å². The molecule has 0 saturated heterocycles. The molecule has 0 fully saturated rings. The first kappa shape index (κ1) is 13.5. The molecular weight excluding hydrogens is 268 g/mol. The number of carboxylic acids is 1. The van der Waals surface area contributed by atoms with Crippen LogP contribution in [0.5, 0.6) is 0 Å². The molecule has 0 saturated carbocycles. The Hall–Kier alpha value is -2.90. The molecule has 0 atom stereocenters. The number of aliphatic carboxylic acids is 1. The SMILES string of the molecule is O=C(O)CCNc1c([N+](=O)[O-])c(=O)oc2ccccc12. The first-order chi connectivity index (χ1) is 9.50. The van der Waals surface area contributed by atoms with Crippen molar-refractivity contribution in [2.75, 3.05) is 11.9 Å². The first-order valence-corrected chi connectivity index (χ1v) is 5.66. The van der Waals surface area contributed by atoms with E-state index in [1.807, 2.05) is 0 Å². The van der Waals surface area contributed by atoms with Crippen molar-refractivity contribution < 1.29 is 19.2 Å². The Morgan fingerprint density at radius 3 is 2.75 bits per heavy atom. The van der Waals surface area contributed by atoms with E-state index in [1.54, 1.807) is 18.2 Å². The van der Waals surface area contributed by atoms with E-state index in [0.29, 0.717) is 5.39 Å². The summed E-state index contributed by atoms with van der Waals surface area (Å²) >= 11 is 0. The number of rotatable bonds is 5.